The van der Waals surface area contributed by atoms with Gasteiger partial charge in [-0.15, -0.1) is 0 Å². The fourth-order valence-electron chi connectivity index (χ4n) is 3.69. The fraction of sp³-hybridized carbons (Fsp3) is 0.409. The van der Waals surface area contributed by atoms with Gasteiger partial charge in [0.1, 0.15) is 5.54 Å². The van der Waals surface area contributed by atoms with E-state index in [9.17, 15) is 9.90 Å². The van der Waals surface area contributed by atoms with E-state index in [-0.39, 0.29) is 18.6 Å². The van der Waals surface area contributed by atoms with Gasteiger partial charge in [0.05, 0.1) is 12.6 Å². The van der Waals surface area contributed by atoms with Crippen LogP contribution in [0.15, 0.2) is 54.6 Å². The molecule has 0 heterocycles. The molecule has 1 fully saturated rings. The topological polar surface area (TPSA) is 61.4 Å². The molecule has 2 aromatic carbocycles. The van der Waals surface area contributed by atoms with Gasteiger partial charge in [-0.3, -0.25) is 4.79 Å². The molecule has 1 atom stereocenters. The maximum absolute atomic E-state index is 13.2. The standard InChI is InChI=1S/C22H28N2O2/c1-17-10-12-19(13-11-17)24-22(14-6-3-7-15-22)21(26)23-20(16-25)18-8-4-2-5-9-18/h2,4-5,8-13,20,24-25H,3,6-7,14-16H2,1H3,(H,23,26)/t20-/m0/s1. The molecule has 1 amide bonds. The van der Waals surface area contributed by atoms with Crippen LogP contribution in [0.2, 0.25) is 0 Å². The molecule has 138 valence electrons. The predicted octanol–water partition coefficient (Wildman–Crippen LogP) is 3.96. The molecule has 4 nitrogen and oxygen atoms in total. The highest BCUT2D eigenvalue weighted by molar-refractivity contribution is 5.90. The van der Waals surface area contributed by atoms with Crippen molar-refractivity contribution >= 4 is 11.6 Å². The fourth-order valence-corrected chi connectivity index (χ4v) is 3.69. The molecule has 26 heavy (non-hydrogen) atoms. The minimum Gasteiger partial charge on any atom is -0.394 e. The maximum Gasteiger partial charge on any atom is 0.246 e. The summed E-state index contributed by atoms with van der Waals surface area (Å²) in [5.41, 5.74) is 2.47. The van der Waals surface area contributed by atoms with Crippen LogP contribution in [-0.4, -0.2) is 23.2 Å². The van der Waals surface area contributed by atoms with Crippen LogP contribution in [-0.2, 0) is 4.79 Å². The summed E-state index contributed by atoms with van der Waals surface area (Å²) in [6, 6.07) is 17.4. The largest absolute Gasteiger partial charge is 0.394 e. The highest BCUT2D eigenvalue weighted by atomic mass is 16.3. The molecule has 0 aromatic heterocycles. The van der Waals surface area contributed by atoms with Crippen molar-refractivity contribution in [3.05, 3.63) is 65.7 Å². The molecule has 2 aromatic rings. The second-order valence-electron chi connectivity index (χ2n) is 7.25. The summed E-state index contributed by atoms with van der Waals surface area (Å²) >= 11 is 0. The Labute approximate surface area is 155 Å². The van der Waals surface area contributed by atoms with Crippen LogP contribution >= 0.6 is 0 Å². The molecule has 0 unspecified atom stereocenters. The van der Waals surface area contributed by atoms with Crippen molar-refractivity contribution in [3.8, 4) is 0 Å². The number of aliphatic hydroxyl groups is 1. The lowest BCUT2D eigenvalue weighted by molar-refractivity contribution is -0.127. The molecule has 1 saturated carbocycles. The SMILES string of the molecule is Cc1ccc(NC2(C(=O)N[C@@H](CO)c3ccccc3)CCCCC2)cc1. The van der Waals surface area contributed by atoms with Gasteiger partial charge in [-0.2, -0.15) is 0 Å². The summed E-state index contributed by atoms with van der Waals surface area (Å²) < 4.78 is 0. The second-order valence-corrected chi connectivity index (χ2v) is 7.25. The summed E-state index contributed by atoms with van der Waals surface area (Å²) in [7, 11) is 0. The number of nitrogens with one attached hydrogen (secondary N) is 2. The lowest BCUT2D eigenvalue weighted by Gasteiger charge is -2.38. The molecule has 0 radical (unpaired) electrons. The Bertz CT molecular complexity index is 707. The van der Waals surface area contributed by atoms with Crippen LogP contribution in [0.4, 0.5) is 5.69 Å². The third-order valence-electron chi connectivity index (χ3n) is 5.27. The first-order chi connectivity index (χ1) is 12.6. The van der Waals surface area contributed by atoms with Gasteiger partial charge < -0.3 is 15.7 Å². The Balaban J connectivity index is 1.79. The van der Waals surface area contributed by atoms with Crippen LogP contribution in [0.5, 0.6) is 0 Å². The number of amides is 1. The Morgan fingerprint density at radius 2 is 1.69 bits per heavy atom. The van der Waals surface area contributed by atoms with E-state index in [1.165, 1.54) is 5.56 Å². The Kier molecular flexibility index (Phi) is 5.94. The number of anilines is 1. The number of rotatable bonds is 6. The molecular formula is C22H28N2O2. The van der Waals surface area contributed by atoms with Gasteiger partial charge in [0.25, 0.3) is 0 Å². The Hall–Kier alpha value is -2.33. The molecular weight excluding hydrogens is 324 g/mol. The van der Waals surface area contributed by atoms with Gasteiger partial charge in [0.15, 0.2) is 0 Å². The van der Waals surface area contributed by atoms with Crippen molar-refractivity contribution in [2.75, 3.05) is 11.9 Å². The van der Waals surface area contributed by atoms with E-state index in [4.69, 9.17) is 0 Å². The van der Waals surface area contributed by atoms with E-state index in [1.54, 1.807) is 0 Å². The summed E-state index contributed by atoms with van der Waals surface area (Å²) in [5.74, 6) is -0.0271. The van der Waals surface area contributed by atoms with Crippen molar-refractivity contribution < 1.29 is 9.90 Å². The zero-order chi connectivity index (χ0) is 18.4. The van der Waals surface area contributed by atoms with E-state index < -0.39 is 5.54 Å². The van der Waals surface area contributed by atoms with E-state index in [0.29, 0.717) is 0 Å². The number of aliphatic hydroxyl groups excluding tert-OH is 1. The number of carbonyl (C=O) groups is 1. The quantitative estimate of drug-likeness (QED) is 0.737. The van der Waals surface area contributed by atoms with E-state index in [0.717, 1.165) is 43.4 Å². The van der Waals surface area contributed by atoms with Crippen LogP contribution in [0.25, 0.3) is 0 Å². The van der Waals surface area contributed by atoms with Crippen molar-refractivity contribution in [3.63, 3.8) is 0 Å². The molecule has 1 aliphatic carbocycles. The van der Waals surface area contributed by atoms with Gasteiger partial charge >= 0.3 is 0 Å². The number of carbonyl (C=O) groups excluding carboxylic acids is 1. The third-order valence-corrected chi connectivity index (χ3v) is 5.27. The number of aryl methyl sites for hydroxylation is 1. The minimum absolute atomic E-state index is 0.0271. The van der Waals surface area contributed by atoms with Crippen molar-refractivity contribution in [1.82, 2.24) is 5.32 Å². The van der Waals surface area contributed by atoms with Gasteiger partial charge in [-0.05, 0) is 37.5 Å². The summed E-state index contributed by atoms with van der Waals surface area (Å²) in [4.78, 5) is 13.2. The smallest absolute Gasteiger partial charge is 0.246 e. The minimum atomic E-state index is -0.615. The lowest BCUT2D eigenvalue weighted by Crippen LogP contribution is -2.54. The molecule has 0 aliphatic heterocycles. The zero-order valence-electron chi connectivity index (χ0n) is 15.4. The molecule has 4 heteroatoms. The van der Waals surface area contributed by atoms with E-state index >= 15 is 0 Å². The predicted molar refractivity (Wildman–Crippen MR) is 105 cm³/mol. The van der Waals surface area contributed by atoms with E-state index in [2.05, 4.69) is 29.7 Å². The van der Waals surface area contributed by atoms with Gasteiger partial charge in [-0.25, -0.2) is 0 Å². The Morgan fingerprint density at radius 3 is 2.31 bits per heavy atom. The number of hydrogen-bond donors (Lipinski definition) is 3. The van der Waals surface area contributed by atoms with E-state index in [1.807, 2.05) is 42.5 Å². The maximum atomic E-state index is 13.2. The molecule has 0 saturated heterocycles. The highest BCUT2D eigenvalue weighted by Crippen LogP contribution is 2.33. The first-order valence-electron chi connectivity index (χ1n) is 9.45. The normalized spacial score (nSPS) is 17.3. The van der Waals surface area contributed by atoms with Crippen LogP contribution in [0.1, 0.15) is 49.3 Å². The van der Waals surface area contributed by atoms with Crippen LogP contribution < -0.4 is 10.6 Å². The molecule has 3 rings (SSSR count). The van der Waals surface area contributed by atoms with Crippen molar-refractivity contribution in [2.24, 2.45) is 0 Å². The average Bonchev–Trinajstić information content (AvgIpc) is 2.69. The summed E-state index contributed by atoms with van der Waals surface area (Å²) in [6.07, 6.45) is 4.83. The molecule has 3 N–H and O–H groups in total. The first-order valence-corrected chi connectivity index (χ1v) is 9.45. The Morgan fingerprint density at radius 1 is 1.04 bits per heavy atom. The number of hydrogen-bond acceptors (Lipinski definition) is 3. The summed E-state index contributed by atoms with van der Waals surface area (Å²) in [6.45, 7) is 1.94. The van der Waals surface area contributed by atoms with Crippen LogP contribution in [0.3, 0.4) is 0 Å². The third kappa shape index (κ3) is 4.25. The van der Waals surface area contributed by atoms with Gasteiger partial charge in [0, 0.05) is 5.69 Å². The first kappa shape index (κ1) is 18.5. The second kappa shape index (κ2) is 8.37. The summed E-state index contributed by atoms with van der Waals surface area (Å²) in [5, 5.41) is 16.4. The molecule has 0 bridgehead atoms. The zero-order valence-corrected chi connectivity index (χ0v) is 15.4. The van der Waals surface area contributed by atoms with Gasteiger partial charge in [-0.1, -0.05) is 67.3 Å². The monoisotopic (exact) mass is 352 g/mol. The highest BCUT2D eigenvalue weighted by Gasteiger charge is 2.40. The van der Waals surface area contributed by atoms with Crippen molar-refractivity contribution in [1.29, 1.82) is 0 Å². The van der Waals surface area contributed by atoms with Gasteiger partial charge in [0.2, 0.25) is 5.91 Å². The average molecular weight is 352 g/mol. The number of benzene rings is 2. The van der Waals surface area contributed by atoms with Crippen molar-refractivity contribution in [2.45, 2.75) is 50.6 Å². The molecule has 1 aliphatic rings. The molecule has 0 spiro atoms. The van der Waals surface area contributed by atoms with Crippen LogP contribution in [0, 0.1) is 6.92 Å². The lowest BCUT2D eigenvalue weighted by atomic mass is 9.80.